The van der Waals surface area contributed by atoms with E-state index < -0.39 is 19.9 Å². The molecular formula is C27H30N2O5S2. The van der Waals surface area contributed by atoms with Crippen LogP contribution in [0.2, 0.25) is 0 Å². The van der Waals surface area contributed by atoms with Crippen LogP contribution in [-0.4, -0.2) is 46.8 Å². The molecule has 1 amide bonds. The van der Waals surface area contributed by atoms with Crippen LogP contribution in [0.4, 0.5) is 0 Å². The Balaban J connectivity index is 1.55. The first kappa shape index (κ1) is 26.1. The fourth-order valence-electron chi connectivity index (χ4n) is 4.37. The molecule has 1 aliphatic heterocycles. The lowest BCUT2D eigenvalue weighted by Gasteiger charge is -2.32. The predicted octanol–water partition coefficient (Wildman–Crippen LogP) is 4.23. The van der Waals surface area contributed by atoms with Crippen molar-refractivity contribution < 1.29 is 21.6 Å². The van der Waals surface area contributed by atoms with Crippen molar-refractivity contribution in [2.24, 2.45) is 0 Å². The summed E-state index contributed by atoms with van der Waals surface area (Å²) in [5.74, 6) is -0.201. The molecule has 190 valence electrons. The van der Waals surface area contributed by atoms with Gasteiger partial charge in [0, 0.05) is 24.7 Å². The van der Waals surface area contributed by atoms with Gasteiger partial charge in [-0.2, -0.15) is 0 Å². The van der Waals surface area contributed by atoms with Crippen LogP contribution in [0.5, 0.6) is 0 Å². The van der Waals surface area contributed by atoms with Gasteiger partial charge in [-0.25, -0.2) is 21.6 Å². The number of likely N-dealkylation sites (tertiary alicyclic amines) is 1. The zero-order chi connectivity index (χ0) is 25.9. The Morgan fingerprint density at radius 3 is 2.00 bits per heavy atom. The van der Waals surface area contributed by atoms with Crippen molar-refractivity contribution in [2.75, 3.05) is 13.1 Å². The van der Waals surface area contributed by atoms with Crippen LogP contribution >= 0.6 is 0 Å². The van der Waals surface area contributed by atoms with Gasteiger partial charge in [-0.15, -0.1) is 0 Å². The number of benzene rings is 3. The summed E-state index contributed by atoms with van der Waals surface area (Å²) in [5.41, 5.74) is 1.15. The second kappa shape index (κ2) is 10.5. The van der Waals surface area contributed by atoms with Gasteiger partial charge in [-0.05, 0) is 60.7 Å². The summed E-state index contributed by atoms with van der Waals surface area (Å²) in [7, 11) is -7.89. The first-order valence-corrected chi connectivity index (χ1v) is 14.9. The maximum absolute atomic E-state index is 13.5. The second-order valence-corrected chi connectivity index (χ2v) is 12.9. The van der Waals surface area contributed by atoms with Gasteiger partial charge in [0.15, 0.2) is 0 Å². The van der Waals surface area contributed by atoms with Crippen LogP contribution in [0, 0.1) is 0 Å². The van der Waals surface area contributed by atoms with Gasteiger partial charge in [-0.1, -0.05) is 56.3 Å². The number of hydrogen-bond donors (Lipinski definition) is 1. The number of sulfone groups is 1. The molecule has 0 bridgehead atoms. The quantitative estimate of drug-likeness (QED) is 0.497. The molecule has 0 saturated carbocycles. The highest BCUT2D eigenvalue weighted by atomic mass is 32.2. The number of carbonyl (C=O) groups is 1. The average Bonchev–Trinajstić information content (AvgIpc) is 2.89. The Morgan fingerprint density at radius 1 is 0.833 bits per heavy atom. The normalized spacial score (nSPS) is 15.2. The molecule has 1 heterocycles. The summed E-state index contributed by atoms with van der Waals surface area (Å²) in [4.78, 5) is 14.4. The first-order chi connectivity index (χ1) is 17.1. The van der Waals surface area contributed by atoms with Crippen molar-refractivity contribution in [3.63, 3.8) is 0 Å². The number of sulfonamides is 1. The molecule has 9 heteroatoms. The van der Waals surface area contributed by atoms with E-state index in [4.69, 9.17) is 0 Å². The highest BCUT2D eigenvalue weighted by molar-refractivity contribution is 7.91. The third-order valence-corrected chi connectivity index (χ3v) is 9.73. The lowest BCUT2D eigenvalue weighted by molar-refractivity contribution is 0.0711. The second-order valence-electron chi connectivity index (χ2n) is 9.22. The zero-order valence-electron chi connectivity index (χ0n) is 20.3. The standard InChI is InChI=1S/C27H30N2O5S2/c1-20(2)25-14-13-24(35(31,32)23-11-7-4-8-12-23)19-26(25)36(33,34)28-22-15-17-29(18-16-22)27(30)21-9-5-3-6-10-21/h3-14,19-20,22,28H,15-18H2,1-2H3. The van der Waals surface area contributed by atoms with Gasteiger partial charge in [-0.3, -0.25) is 4.79 Å². The number of rotatable bonds is 7. The van der Waals surface area contributed by atoms with E-state index in [2.05, 4.69) is 4.72 Å². The smallest absolute Gasteiger partial charge is 0.253 e. The fourth-order valence-corrected chi connectivity index (χ4v) is 7.45. The minimum atomic E-state index is -4.01. The molecule has 4 rings (SSSR count). The largest absolute Gasteiger partial charge is 0.339 e. The summed E-state index contributed by atoms with van der Waals surface area (Å²) in [6.07, 6.45) is 0.938. The third kappa shape index (κ3) is 5.53. The van der Waals surface area contributed by atoms with Crippen LogP contribution in [0.1, 0.15) is 48.5 Å². The Morgan fingerprint density at radius 2 is 1.42 bits per heavy atom. The Kier molecular flexibility index (Phi) is 7.63. The van der Waals surface area contributed by atoms with Gasteiger partial charge in [0.2, 0.25) is 19.9 Å². The minimum absolute atomic E-state index is 0.0303. The fraction of sp³-hybridized carbons (Fsp3) is 0.296. The van der Waals surface area contributed by atoms with E-state index in [0.717, 1.165) is 0 Å². The summed E-state index contributed by atoms with van der Waals surface area (Å²) in [6.45, 7) is 4.60. The van der Waals surface area contributed by atoms with Gasteiger partial charge in [0.25, 0.3) is 5.91 Å². The van der Waals surface area contributed by atoms with E-state index in [0.29, 0.717) is 37.1 Å². The van der Waals surface area contributed by atoms with E-state index in [1.54, 1.807) is 41.3 Å². The number of amides is 1. The van der Waals surface area contributed by atoms with Crippen molar-refractivity contribution >= 4 is 25.8 Å². The molecule has 1 aliphatic rings. The molecule has 1 fully saturated rings. The monoisotopic (exact) mass is 526 g/mol. The third-order valence-electron chi connectivity index (χ3n) is 6.39. The number of nitrogens with zero attached hydrogens (tertiary/aromatic N) is 1. The van der Waals surface area contributed by atoms with E-state index in [1.165, 1.54) is 24.3 Å². The molecule has 1 saturated heterocycles. The van der Waals surface area contributed by atoms with Gasteiger partial charge in [0.05, 0.1) is 14.7 Å². The highest BCUT2D eigenvalue weighted by Gasteiger charge is 2.30. The molecule has 3 aromatic carbocycles. The Labute approximate surface area is 213 Å². The summed E-state index contributed by atoms with van der Waals surface area (Å²) < 4.78 is 56.0. The SMILES string of the molecule is CC(C)c1ccc(S(=O)(=O)c2ccccc2)cc1S(=O)(=O)NC1CCN(C(=O)c2ccccc2)CC1. The molecule has 0 aromatic heterocycles. The van der Waals surface area contributed by atoms with Gasteiger partial charge in [0.1, 0.15) is 0 Å². The number of carbonyl (C=O) groups excluding carboxylic acids is 1. The molecule has 36 heavy (non-hydrogen) atoms. The topological polar surface area (TPSA) is 101 Å². The summed E-state index contributed by atoms with van der Waals surface area (Å²) >= 11 is 0. The van der Waals surface area contributed by atoms with Crippen molar-refractivity contribution in [1.29, 1.82) is 0 Å². The molecule has 0 radical (unpaired) electrons. The van der Waals surface area contributed by atoms with Crippen molar-refractivity contribution in [1.82, 2.24) is 9.62 Å². The zero-order valence-corrected chi connectivity index (χ0v) is 21.9. The van der Waals surface area contributed by atoms with Crippen LogP contribution < -0.4 is 4.72 Å². The number of hydrogen-bond acceptors (Lipinski definition) is 5. The van der Waals surface area contributed by atoms with Crippen LogP contribution in [0.3, 0.4) is 0 Å². The summed E-state index contributed by atoms with van der Waals surface area (Å²) in [6, 6.07) is 20.9. The maximum Gasteiger partial charge on any atom is 0.253 e. The summed E-state index contributed by atoms with van der Waals surface area (Å²) in [5, 5.41) is 0. The van der Waals surface area contributed by atoms with Crippen LogP contribution in [0.25, 0.3) is 0 Å². The van der Waals surface area contributed by atoms with Crippen LogP contribution in [-0.2, 0) is 19.9 Å². The molecule has 7 nitrogen and oxygen atoms in total. The molecule has 0 unspecified atom stereocenters. The number of nitrogens with one attached hydrogen (secondary N) is 1. The minimum Gasteiger partial charge on any atom is -0.339 e. The lowest BCUT2D eigenvalue weighted by atomic mass is 10.0. The van der Waals surface area contributed by atoms with E-state index in [9.17, 15) is 21.6 Å². The van der Waals surface area contributed by atoms with Gasteiger partial charge < -0.3 is 4.90 Å². The van der Waals surface area contributed by atoms with E-state index in [-0.39, 0.29) is 32.6 Å². The first-order valence-electron chi connectivity index (χ1n) is 11.9. The Hall–Kier alpha value is -3.01. The van der Waals surface area contributed by atoms with Crippen LogP contribution in [0.15, 0.2) is 93.5 Å². The maximum atomic E-state index is 13.5. The van der Waals surface area contributed by atoms with Crippen molar-refractivity contribution in [2.45, 2.75) is 53.3 Å². The van der Waals surface area contributed by atoms with E-state index in [1.807, 2.05) is 32.0 Å². The molecular weight excluding hydrogens is 496 g/mol. The molecule has 3 aromatic rings. The lowest BCUT2D eigenvalue weighted by Crippen LogP contribution is -2.46. The molecule has 0 aliphatic carbocycles. The highest BCUT2D eigenvalue weighted by Crippen LogP contribution is 2.30. The molecule has 0 spiro atoms. The number of piperidine rings is 1. The van der Waals surface area contributed by atoms with Gasteiger partial charge >= 0.3 is 0 Å². The predicted molar refractivity (Wildman–Crippen MR) is 138 cm³/mol. The molecule has 1 N–H and O–H groups in total. The van der Waals surface area contributed by atoms with Crippen molar-refractivity contribution in [3.05, 3.63) is 90.0 Å². The Bertz CT molecular complexity index is 1430. The van der Waals surface area contributed by atoms with E-state index >= 15 is 0 Å². The average molecular weight is 527 g/mol. The van der Waals surface area contributed by atoms with Crippen molar-refractivity contribution in [3.8, 4) is 0 Å². The molecule has 0 atom stereocenters.